The summed E-state index contributed by atoms with van der Waals surface area (Å²) in [5, 5.41) is 4.46. The first-order chi connectivity index (χ1) is 11.0. The van der Waals surface area contributed by atoms with Crippen molar-refractivity contribution in [2.24, 2.45) is 5.92 Å². The monoisotopic (exact) mass is 322 g/mol. The second-order valence-electron chi connectivity index (χ2n) is 6.54. The van der Waals surface area contributed by atoms with Crippen molar-refractivity contribution in [2.75, 3.05) is 34.4 Å². The van der Waals surface area contributed by atoms with Crippen molar-refractivity contribution >= 4 is 5.91 Å². The Bertz CT molecular complexity index is 529. The third-order valence-electron chi connectivity index (χ3n) is 4.87. The zero-order chi connectivity index (χ0) is 17.0. The number of likely N-dealkylation sites (tertiary alicyclic amines) is 1. The second kappa shape index (κ2) is 7.93. The minimum atomic E-state index is 0.0141. The molecule has 2 atom stereocenters. The number of carbonyl (C=O) groups is 1. The fraction of sp³-hybridized carbons (Fsp3) is 0.765. The molecule has 1 aromatic heterocycles. The Morgan fingerprint density at radius 2 is 2.26 bits per heavy atom. The van der Waals surface area contributed by atoms with Gasteiger partial charge in [-0.2, -0.15) is 5.10 Å². The van der Waals surface area contributed by atoms with Crippen molar-refractivity contribution < 1.29 is 9.53 Å². The number of hydrogen-bond acceptors (Lipinski definition) is 4. The largest absolute Gasteiger partial charge is 0.383 e. The Morgan fingerprint density at radius 3 is 2.87 bits per heavy atom. The standard InChI is InChI=1S/C17H30N4O2/c1-6-21-11-14(13(2)18-21)10-20(4)17(22)15-8-7-9-19(3)16(15)12-23-5/h11,15-16H,6-10,12H2,1-5H3/t15-,16-/m1/s1. The Hall–Kier alpha value is -1.40. The number of hydrogen-bond donors (Lipinski definition) is 0. The number of carbonyl (C=O) groups excluding carboxylic acids is 1. The molecule has 130 valence electrons. The molecular weight excluding hydrogens is 292 g/mol. The van der Waals surface area contributed by atoms with Gasteiger partial charge >= 0.3 is 0 Å². The van der Waals surface area contributed by atoms with Gasteiger partial charge in [0.05, 0.1) is 18.2 Å². The lowest BCUT2D eigenvalue weighted by Gasteiger charge is -2.39. The average molecular weight is 322 g/mol. The van der Waals surface area contributed by atoms with Gasteiger partial charge < -0.3 is 14.5 Å². The molecule has 6 nitrogen and oxygen atoms in total. The van der Waals surface area contributed by atoms with Crippen LogP contribution < -0.4 is 0 Å². The summed E-state index contributed by atoms with van der Waals surface area (Å²) < 4.78 is 7.26. The predicted octanol–water partition coefficient (Wildman–Crippen LogP) is 1.53. The van der Waals surface area contributed by atoms with E-state index in [1.165, 1.54) is 0 Å². The van der Waals surface area contributed by atoms with Crippen molar-refractivity contribution in [2.45, 2.75) is 45.8 Å². The maximum atomic E-state index is 12.9. The summed E-state index contributed by atoms with van der Waals surface area (Å²) in [7, 11) is 5.68. The van der Waals surface area contributed by atoms with E-state index in [2.05, 4.69) is 24.0 Å². The molecule has 1 fully saturated rings. The third kappa shape index (κ3) is 4.12. The Labute approximate surface area is 139 Å². The summed E-state index contributed by atoms with van der Waals surface area (Å²) in [5.41, 5.74) is 2.12. The minimum Gasteiger partial charge on any atom is -0.383 e. The van der Waals surface area contributed by atoms with Crippen molar-refractivity contribution in [3.05, 3.63) is 17.5 Å². The van der Waals surface area contributed by atoms with Gasteiger partial charge in [-0.15, -0.1) is 0 Å². The maximum Gasteiger partial charge on any atom is 0.227 e. The summed E-state index contributed by atoms with van der Waals surface area (Å²) in [6.45, 7) is 7.17. The number of likely N-dealkylation sites (N-methyl/N-ethyl adjacent to an activating group) is 1. The van der Waals surface area contributed by atoms with E-state index in [-0.39, 0.29) is 17.9 Å². The summed E-state index contributed by atoms with van der Waals surface area (Å²) >= 11 is 0. The first kappa shape index (κ1) is 17.9. The average Bonchev–Trinajstić information content (AvgIpc) is 2.89. The van der Waals surface area contributed by atoms with Gasteiger partial charge in [-0.05, 0) is 40.3 Å². The number of methoxy groups -OCH3 is 1. The number of ether oxygens (including phenoxy) is 1. The predicted molar refractivity (Wildman–Crippen MR) is 90.1 cm³/mol. The highest BCUT2D eigenvalue weighted by atomic mass is 16.5. The molecule has 0 saturated carbocycles. The molecule has 1 aliphatic heterocycles. The summed E-state index contributed by atoms with van der Waals surface area (Å²) in [6.07, 6.45) is 4.04. The van der Waals surface area contributed by atoms with Crippen molar-refractivity contribution in [3.8, 4) is 0 Å². The first-order valence-electron chi connectivity index (χ1n) is 8.45. The molecular formula is C17H30N4O2. The first-order valence-corrected chi connectivity index (χ1v) is 8.45. The summed E-state index contributed by atoms with van der Waals surface area (Å²) in [4.78, 5) is 17.0. The Morgan fingerprint density at radius 1 is 1.52 bits per heavy atom. The number of aromatic nitrogens is 2. The lowest BCUT2D eigenvalue weighted by Crippen LogP contribution is -2.51. The van der Waals surface area contributed by atoms with E-state index >= 15 is 0 Å². The fourth-order valence-corrected chi connectivity index (χ4v) is 3.42. The number of aryl methyl sites for hydroxylation is 2. The van der Waals surface area contributed by atoms with Crippen molar-refractivity contribution in [1.29, 1.82) is 0 Å². The van der Waals surface area contributed by atoms with Gasteiger partial charge in [-0.1, -0.05) is 0 Å². The molecule has 1 aliphatic rings. The molecule has 1 amide bonds. The van der Waals surface area contributed by atoms with Gasteiger partial charge in [0.15, 0.2) is 0 Å². The molecule has 0 radical (unpaired) electrons. The van der Waals surface area contributed by atoms with Crippen LogP contribution in [0, 0.1) is 12.8 Å². The zero-order valence-corrected chi connectivity index (χ0v) is 15.1. The fourth-order valence-electron chi connectivity index (χ4n) is 3.42. The molecule has 6 heteroatoms. The molecule has 0 bridgehead atoms. The van der Waals surface area contributed by atoms with E-state index in [1.807, 2.05) is 29.7 Å². The lowest BCUT2D eigenvalue weighted by atomic mass is 9.88. The summed E-state index contributed by atoms with van der Waals surface area (Å²) in [6, 6.07) is 0.170. The molecule has 0 N–H and O–H groups in total. The van der Waals surface area contributed by atoms with Gasteiger partial charge in [0.1, 0.15) is 0 Å². The molecule has 0 aromatic carbocycles. The SMILES string of the molecule is CCn1cc(CN(C)C(=O)[C@@H]2CCCN(C)[C@@H]2COC)c(C)n1. The topological polar surface area (TPSA) is 50.6 Å². The summed E-state index contributed by atoms with van der Waals surface area (Å²) in [5.74, 6) is 0.225. The maximum absolute atomic E-state index is 12.9. The highest BCUT2D eigenvalue weighted by Crippen LogP contribution is 2.25. The van der Waals surface area contributed by atoms with Crippen LogP contribution in [0.4, 0.5) is 0 Å². The van der Waals surface area contributed by atoms with E-state index in [4.69, 9.17) is 4.74 Å². The highest BCUT2D eigenvalue weighted by molar-refractivity contribution is 5.79. The quantitative estimate of drug-likeness (QED) is 0.797. The zero-order valence-electron chi connectivity index (χ0n) is 15.1. The smallest absolute Gasteiger partial charge is 0.227 e. The highest BCUT2D eigenvalue weighted by Gasteiger charge is 2.35. The molecule has 0 aliphatic carbocycles. The Kier molecular flexibility index (Phi) is 6.18. The van der Waals surface area contributed by atoms with Gasteiger partial charge in [0.2, 0.25) is 5.91 Å². The van der Waals surface area contributed by atoms with Gasteiger partial charge in [0.25, 0.3) is 0 Å². The Balaban J connectivity index is 2.06. The van der Waals surface area contributed by atoms with Crippen molar-refractivity contribution in [1.82, 2.24) is 19.6 Å². The van der Waals surface area contributed by atoms with Crippen molar-refractivity contribution in [3.63, 3.8) is 0 Å². The second-order valence-corrected chi connectivity index (χ2v) is 6.54. The molecule has 0 unspecified atom stereocenters. The van der Waals surface area contributed by atoms with E-state index in [1.54, 1.807) is 7.11 Å². The molecule has 1 saturated heterocycles. The third-order valence-corrected chi connectivity index (χ3v) is 4.87. The number of amides is 1. The molecule has 1 aromatic rings. The normalized spacial score (nSPS) is 22.3. The van der Waals surface area contributed by atoms with Crippen LogP contribution in [0.15, 0.2) is 6.20 Å². The van der Waals surface area contributed by atoms with E-state index < -0.39 is 0 Å². The van der Waals surface area contributed by atoms with Gasteiger partial charge in [-0.25, -0.2) is 0 Å². The van der Waals surface area contributed by atoms with Crippen LogP contribution in [-0.4, -0.2) is 65.9 Å². The molecule has 0 spiro atoms. The molecule has 2 heterocycles. The van der Waals surface area contributed by atoms with Gasteiger partial charge in [-0.3, -0.25) is 9.48 Å². The van der Waals surface area contributed by atoms with Crippen LogP contribution in [0.2, 0.25) is 0 Å². The molecule has 2 rings (SSSR count). The number of nitrogens with zero attached hydrogens (tertiary/aromatic N) is 4. The number of piperidine rings is 1. The van der Waals surface area contributed by atoms with E-state index in [9.17, 15) is 4.79 Å². The number of rotatable bonds is 6. The van der Waals surface area contributed by atoms with Crippen LogP contribution in [-0.2, 0) is 22.6 Å². The minimum absolute atomic E-state index is 0.0141. The molecule has 23 heavy (non-hydrogen) atoms. The van der Waals surface area contributed by atoms with Crippen LogP contribution in [0.1, 0.15) is 31.0 Å². The van der Waals surface area contributed by atoms with Crippen LogP contribution >= 0.6 is 0 Å². The van der Waals surface area contributed by atoms with Gasteiger partial charge in [0, 0.05) is 45.0 Å². The lowest BCUT2D eigenvalue weighted by molar-refractivity contribution is -0.139. The van der Waals surface area contributed by atoms with E-state index in [0.717, 1.165) is 37.2 Å². The van der Waals surface area contributed by atoms with E-state index in [0.29, 0.717) is 13.2 Å². The van der Waals surface area contributed by atoms with Crippen LogP contribution in [0.3, 0.4) is 0 Å². The van der Waals surface area contributed by atoms with Crippen LogP contribution in [0.5, 0.6) is 0 Å². The van der Waals surface area contributed by atoms with Crippen LogP contribution in [0.25, 0.3) is 0 Å².